The lowest BCUT2D eigenvalue weighted by Gasteiger charge is -2.06. The highest BCUT2D eigenvalue weighted by Gasteiger charge is 2.12. The molecule has 74 valence electrons. The summed E-state index contributed by atoms with van der Waals surface area (Å²) in [5, 5.41) is 0. The van der Waals surface area contributed by atoms with Crippen molar-refractivity contribution in [3.05, 3.63) is 34.9 Å². The van der Waals surface area contributed by atoms with Crippen molar-refractivity contribution in [2.45, 2.75) is 39.0 Å². The predicted octanol–water partition coefficient (Wildman–Crippen LogP) is 2.70. The molecule has 0 spiro atoms. The second kappa shape index (κ2) is 3.95. The number of benzene rings is 1. The lowest BCUT2D eigenvalue weighted by molar-refractivity contribution is -0.118. The predicted molar refractivity (Wildman–Crippen MR) is 57.5 cm³/mol. The fourth-order valence-electron chi connectivity index (χ4n) is 2.05. The van der Waals surface area contributed by atoms with Crippen molar-refractivity contribution in [3.63, 3.8) is 0 Å². The van der Waals surface area contributed by atoms with Crippen LogP contribution in [0.15, 0.2) is 18.2 Å². The van der Waals surface area contributed by atoms with E-state index in [9.17, 15) is 4.79 Å². The van der Waals surface area contributed by atoms with E-state index in [1.807, 2.05) is 0 Å². The van der Waals surface area contributed by atoms with Crippen LogP contribution in [-0.2, 0) is 24.1 Å². The molecular weight excluding hydrogens is 172 g/mol. The third kappa shape index (κ3) is 1.87. The second-order valence-corrected chi connectivity index (χ2v) is 4.00. The topological polar surface area (TPSA) is 17.1 Å². The number of ketones is 1. The fourth-order valence-corrected chi connectivity index (χ4v) is 2.05. The third-order valence-electron chi connectivity index (χ3n) is 3.03. The molecule has 0 unspecified atom stereocenters. The van der Waals surface area contributed by atoms with Gasteiger partial charge in [0.1, 0.15) is 5.78 Å². The van der Waals surface area contributed by atoms with Crippen molar-refractivity contribution in [1.82, 2.24) is 0 Å². The molecule has 0 heterocycles. The Kier molecular flexibility index (Phi) is 2.67. The standard InChI is InChI=1S/C13H16O/c1-2-10-3-4-11-5-7-13(14)8-6-12(11)9-10/h3-4,9H,2,5-8H2,1H3. The van der Waals surface area contributed by atoms with Gasteiger partial charge in [0.05, 0.1) is 0 Å². The molecule has 1 aromatic carbocycles. The van der Waals surface area contributed by atoms with Crippen molar-refractivity contribution in [2.24, 2.45) is 0 Å². The molecule has 0 radical (unpaired) electrons. The fraction of sp³-hybridized carbons (Fsp3) is 0.462. The van der Waals surface area contributed by atoms with Crippen molar-refractivity contribution in [2.75, 3.05) is 0 Å². The van der Waals surface area contributed by atoms with Crippen molar-refractivity contribution in [1.29, 1.82) is 0 Å². The van der Waals surface area contributed by atoms with E-state index in [4.69, 9.17) is 0 Å². The van der Waals surface area contributed by atoms with Crippen LogP contribution in [-0.4, -0.2) is 5.78 Å². The third-order valence-corrected chi connectivity index (χ3v) is 3.03. The van der Waals surface area contributed by atoms with Crippen molar-refractivity contribution < 1.29 is 4.79 Å². The van der Waals surface area contributed by atoms with Gasteiger partial charge in [-0.15, -0.1) is 0 Å². The van der Waals surface area contributed by atoms with Gasteiger partial charge in [-0.05, 0) is 36.0 Å². The van der Waals surface area contributed by atoms with Gasteiger partial charge in [-0.1, -0.05) is 25.1 Å². The highest BCUT2D eigenvalue weighted by molar-refractivity contribution is 5.79. The van der Waals surface area contributed by atoms with E-state index in [0.29, 0.717) is 5.78 Å². The maximum Gasteiger partial charge on any atom is 0.133 e. The summed E-state index contributed by atoms with van der Waals surface area (Å²) < 4.78 is 0. The van der Waals surface area contributed by atoms with E-state index in [1.54, 1.807) is 0 Å². The molecule has 2 rings (SSSR count). The Morgan fingerprint density at radius 3 is 2.50 bits per heavy atom. The molecule has 1 nitrogen and oxygen atoms in total. The average molecular weight is 188 g/mol. The molecule has 0 atom stereocenters. The molecule has 0 bridgehead atoms. The van der Waals surface area contributed by atoms with Gasteiger partial charge in [0.2, 0.25) is 0 Å². The van der Waals surface area contributed by atoms with E-state index >= 15 is 0 Å². The molecule has 1 aliphatic carbocycles. The first-order chi connectivity index (χ1) is 6.79. The Balaban J connectivity index is 2.31. The maximum atomic E-state index is 11.3. The molecule has 0 saturated carbocycles. The summed E-state index contributed by atoms with van der Waals surface area (Å²) in [6.07, 6.45) is 4.44. The monoisotopic (exact) mass is 188 g/mol. The van der Waals surface area contributed by atoms with Crippen LogP contribution in [0.1, 0.15) is 36.5 Å². The number of hydrogen-bond acceptors (Lipinski definition) is 1. The Morgan fingerprint density at radius 1 is 1.07 bits per heavy atom. The number of hydrogen-bond donors (Lipinski definition) is 0. The smallest absolute Gasteiger partial charge is 0.133 e. The molecule has 0 fully saturated rings. The Hall–Kier alpha value is -1.11. The Labute approximate surface area is 85.1 Å². The zero-order valence-corrected chi connectivity index (χ0v) is 8.68. The number of rotatable bonds is 1. The van der Waals surface area contributed by atoms with E-state index in [0.717, 1.165) is 32.1 Å². The summed E-state index contributed by atoms with van der Waals surface area (Å²) >= 11 is 0. The molecule has 1 aromatic rings. The molecule has 1 heteroatoms. The Bertz CT molecular complexity index is 352. The summed E-state index contributed by atoms with van der Waals surface area (Å²) in [6.45, 7) is 2.17. The molecule has 0 saturated heterocycles. The Morgan fingerprint density at radius 2 is 1.79 bits per heavy atom. The largest absolute Gasteiger partial charge is 0.300 e. The van der Waals surface area contributed by atoms with Crippen LogP contribution in [0.5, 0.6) is 0 Å². The quantitative estimate of drug-likeness (QED) is 0.619. The van der Waals surface area contributed by atoms with Gasteiger partial charge in [0, 0.05) is 12.8 Å². The van der Waals surface area contributed by atoms with Crippen LogP contribution < -0.4 is 0 Å². The lowest BCUT2D eigenvalue weighted by atomic mass is 9.99. The zero-order valence-electron chi connectivity index (χ0n) is 8.68. The first kappa shape index (κ1) is 9.45. The van der Waals surface area contributed by atoms with Crippen LogP contribution in [0.25, 0.3) is 0 Å². The normalized spacial score (nSPS) is 16.2. The van der Waals surface area contributed by atoms with Gasteiger partial charge >= 0.3 is 0 Å². The summed E-state index contributed by atoms with van der Waals surface area (Å²) in [4.78, 5) is 11.3. The van der Waals surface area contributed by atoms with E-state index < -0.39 is 0 Å². The average Bonchev–Trinajstić information content (AvgIpc) is 2.40. The second-order valence-electron chi connectivity index (χ2n) is 4.00. The number of aryl methyl sites for hydroxylation is 3. The van der Waals surface area contributed by atoms with E-state index in [-0.39, 0.29) is 0 Å². The SMILES string of the molecule is CCc1ccc2c(c1)CCC(=O)CC2. The molecule has 0 amide bonds. The van der Waals surface area contributed by atoms with Crippen LogP contribution in [0, 0.1) is 0 Å². The van der Waals surface area contributed by atoms with Crippen LogP contribution in [0.2, 0.25) is 0 Å². The van der Waals surface area contributed by atoms with Crippen LogP contribution in [0.3, 0.4) is 0 Å². The summed E-state index contributed by atoms with van der Waals surface area (Å²) in [5.74, 6) is 0.416. The molecule has 14 heavy (non-hydrogen) atoms. The highest BCUT2D eigenvalue weighted by atomic mass is 16.1. The minimum atomic E-state index is 0.416. The minimum absolute atomic E-state index is 0.416. The van der Waals surface area contributed by atoms with E-state index in [1.165, 1.54) is 16.7 Å². The van der Waals surface area contributed by atoms with Gasteiger partial charge in [-0.25, -0.2) is 0 Å². The highest BCUT2D eigenvalue weighted by Crippen LogP contribution is 2.20. The van der Waals surface area contributed by atoms with Crippen LogP contribution >= 0.6 is 0 Å². The van der Waals surface area contributed by atoms with Gasteiger partial charge in [-0.3, -0.25) is 4.79 Å². The zero-order chi connectivity index (χ0) is 9.97. The summed E-state index contributed by atoms with van der Waals surface area (Å²) in [6, 6.07) is 6.66. The number of carbonyl (C=O) groups excluding carboxylic acids is 1. The van der Waals surface area contributed by atoms with Gasteiger partial charge in [-0.2, -0.15) is 0 Å². The molecule has 1 aliphatic rings. The van der Waals surface area contributed by atoms with Crippen molar-refractivity contribution >= 4 is 5.78 Å². The maximum absolute atomic E-state index is 11.3. The first-order valence-electron chi connectivity index (χ1n) is 5.42. The summed E-state index contributed by atoms with van der Waals surface area (Å²) in [5.41, 5.74) is 4.17. The first-order valence-corrected chi connectivity index (χ1v) is 5.42. The number of carbonyl (C=O) groups is 1. The van der Waals surface area contributed by atoms with Crippen molar-refractivity contribution in [3.8, 4) is 0 Å². The number of Topliss-reactive ketones (excluding diaryl/α,β-unsaturated/α-hetero) is 1. The summed E-state index contributed by atoms with van der Waals surface area (Å²) in [7, 11) is 0. The number of fused-ring (bicyclic) bond motifs is 1. The minimum Gasteiger partial charge on any atom is -0.300 e. The molecule has 0 N–H and O–H groups in total. The lowest BCUT2D eigenvalue weighted by Crippen LogP contribution is -1.95. The van der Waals surface area contributed by atoms with Gasteiger partial charge in [0.25, 0.3) is 0 Å². The van der Waals surface area contributed by atoms with Gasteiger partial charge in [0.15, 0.2) is 0 Å². The molecule has 0 aromatic heterocycles. The van der Waals surface area contributed by atoms with E-state index in [2.05, 4.69) is 25.1 Å². The molecule has 0 aliphatic heterocycles. The van der Waals surface area contributed by atoms with Crippen LogP contribution in [0.4, 0.5) is 0 Å². The molecular formula is C13H16O. The van der Waals surface area contributed by atoms with Gasteiger partial charge < -0.3 is 0 Å².